The molecule has 1 aliphatic heterocycles. The molecule has 0 bridgehead atoms. The van der Waals surface area contributed by atoms with Gasteiger partial charge in [-0.25, -0.2) is 0 Å². The Balaban J connectivity index is 2.23. The highest BCUT2D eigenvalue weighted by Gasteiger charge is 2.13. The van der Waals surface area contributed by atoms with Gasteiger partial charge in [0, 0.05) is 0 Å². The first-order valence-corrected chi connectivity index (χ1v) is 3.02. The van der Waals surface area contributed by atoms with Gasteiger partial charge in [-0.2, -0.15) is 0 Å². The van der Waals surface area contributed by atoms with Crippen LogP contribution in [0, 0.1) is 6.54 Å². The number of hydrogen-bond donors (Lipinski definition) is 1. The van der Waals surface area contributed by atoms with E-state index in [0.29, 0.717) is 0 Å². The van der Waals surface area contributed by atoms with Crippen molar-refractivity contribution < 1.29 is 5.11 Å². The number of likely N-dealkylation sites (N-methyl/N-ethyl adjacent to an activating group) is 1. The van der Waals surface area contributed by atoms with Gasteiger partial charge in [0.2, 0.25) is 0 Å². The quantitative estimate of drug-likeness (QED) is 0.487. The van der Waals surface area contributed by atoms with Crippen LogP contribution in [0.2, 0.25) is 0 Å². The lowest BCUT2D eigenvalue weighted by Gasteiger charge is -2.24. The van der Waals surface area contributed by atoms with Crippen molar-refractivity contribution in [3.8, 4) is 0 Å². The normalized spacial score (nSPS) is 33.0. The molecule has 2 nitrogen and oxygen atoms in total. The van der Waals surface area contributed by atoms with Crippen LogP contribution < -0.4 is 0 Å². The zero-order valence-corrected chi connectivity index (χ0v) is 5.17. The largest absolute Gasteiger partial charge is 0.391 e. The molecule has 0 spiro atoms. The van der Waals surface area contributed by atoms with Crippen LogP contribution in [0.3, 0.4) is 0 Å². The van der Waals surface area contributed by atoms with Gasteiger partial charge in [0.05, 0.1) is 12.6 Å². The summed E-state index contributed by atoms with van der Waals surface area (Å²) in [5.41, 5.74) is 0. The number of likely N-dealkylation sites (tertiary alicyclic amines) is 1. The standard InChI is InChI=1S/C6H12NO/c1-7-4-2-3-6(8)5-7/h5-6,8H,2-4H2,1H3. The second-order valence-corrected chi connectivity index (χ2v) is 2.34. The molecular weight excluding hydrogens is 102 g/mol. The van der Waals surface area contributed by atoms with Gasteiger partial charge in [0.1, 0.15) is 0 Å². The first kappa shape index (κ1) is 6.05. The molecule has 1 atom stereocenters. The lowest BCUT2D eigenvalue weighted by Crippen LogP contribution is -2.30. The topological polar surface area (TPSA) is 23.5 Å². The maximum absolute atomic E-state index is 8.98. The summed E-state index contributed by atoms with van der Waals surface area (Å²) >= 11 is 0. The van der Waals surface area contributed by atoms with Gasteiger partial charge in [-0.05, 0) is 26.4 Å². The Labute approximate surface area is 50.1 Å². The molecule has 1 saturated heterocycles. The molecule has 1 unspecified atom stereocenters. The van der Waals surface area contributed by atoms with Gasteiger partial charge in [-0.1, -0.05) is 0 Å². The Kier molecular flexibility index (Phi) is 1.86. The van der Waals surface area contributed by atoms with E-state index in [2.05, 4.69) is 0 Å². The number of aliphatic hydroxyl groups is 1. The average molecular weight is 114 g/mol. The predicted octanol–water partition coefficient (Wildman–Crippen LogP) is 0.235. The molecule has 1 aliphatic rings. The first-order valence-electron chi connectivity index (χ1n) is 3.02. The van der Waals surface area contributed by atoms with Crippen LogP contribution in [0.5, 0.6) is 0 Å². The molecule has 0 amide bonds. The zero-order chi connectivity index (χ0) is 5.98. The van der Waals surface area contributed by atoms with Crippen molar-refractivity contribution in [2.45, 2.75) is 18.9 Å². The third-order valence-corrected chi connectivity index (χ3v) is 1.44. The molecule has 0 saturated carbocycles. The second-order valence-electron chi connectivity index (χ2n) is 2.34. The van der Waals surface area contributed by atoms with E-state index in [1.54, 1.807) is 0 Å². The number of hydrogen-bond acceptors (Lipinski definition) is 2. The van der Waals surface area contributed by atoms with Crippen molar-refractivity contribution in [2.24, 2.45) is 0 Å². The Morgan fingerprint density at radius 3 is 2.88 bits per heavy atom. The molecule has 0 aromatic rings. The van der Waals surface area contributed by atoms with Crippen LogP contribution in [0.1, 0.15) is 12.8 Å². The molecule has 0 aromatic carbocycles. The Bertz CT molecular complexity index is 66.9. The summed E-state index contributed by atoms with van der Waals surface area (Å²) < 4.78 is 0. The second kappa shape index (κ2) is 2.46. The van der Waals surface area contributed by atoms with Gasteiger partial charge in [0.25, 0.3) is 0 Å². The van der Waals surface area contributed by atoms with Crippen LogP contribution in [-0.4, -0.2) is 29.7 Å². The number of rotatable bonds is 0. The van der Waals surface area contributed by atoms with E-state index < -0.39 is 0 Å². The van der Waals surface area contributed by atoms with Crippen molar-refractivity contribution in [3.05, 3.63) is 6.54 Å². The summed E-state index contributed by atoms with van der Waals surface area (Å²) in [6, 6.07) is 0. The van der Waals surface area contributed by atoms with Gasteiger partial charge < -0.3 is 5.11 Å². The summed E-state index contributed by atoms with van der Waals surface area (Å²) in [5.74, 6) is 0. The lowest BCUT2D eigenvalue weighted by atomic mass is 10.1. The van der Waals surface area contributed by atoms with Crippen molar-refractivity contribution in [2.75, 3.05) is 13.6 Å². The smallest absolute Gasteiger partial charge is 0.0712 e. The highest BCUT2D eigenvalue weighted by atomic mass is 16.3. The minimum Gasteiger partial charge on any atom is -0.391 e. The van der Waals surface area contributed by atoms with Crippen LogP contribution in [0.15, 0.2) is 0 Å². The van der Waals surface area contributed by atoms with E-state index in [0.717, 1.165) is 19.4 Å². The third-order valence-electron chi connectivity index (χ3n) is 1.44. The van der Waals surface area contributed by atoms with Gasteiger partial charge in [0.15, 0.2) is 0 Å². The van der Waals surface area contributed by atoms with Crippen LogP contribution in [0.4, 0.5) is 0 Å². The maximum atomic E-state index is 8.98. The molecule has 0 aromatic heterocycles. The molecule has 8 heavy (non-hydrogen) atoms. The highest BCUT2D eigenvalue weighted by molar-refractivity contribution is 4.79. The van der Waals surface area contributed by atoms with Crippen molar-refractivity contribution >= 4 is 0 Å². The molecular formula is C6H12NO. The summed E-state index contributed by atoms with van der Waals surface area (Å²) in [7, 11) is 1.99. The fourth-order valence-electron chi connectivity index (χ4n) is 0.993. The van der Waals surface area contributed by atoms with Gasteiger partial charge in [-0.15, -0.1) is 0 Å². The van der Waals surface area contributed by atoms with E-state index in [1.165, 1.54) is 0 Å². The van der Waals surface area contributed by atoms with E-state index >= 15 is 0 Å². The van der Waals surface area contributed by atoms with E-state index in [9.17, 15) is 0 Å². The number of nitrogens with zero attached hydrogens (tertiary/aromatic N) is 1. The van der Waals surface area contributed by atoms with Crippen LogP contribution in [-0.2, 0) is 0 Å². The molecule has 47 valence electrons. The average Bonchev–Trinajstić information content (AvgIpc) is 1.64. The van der Waals surface area contributed by atoms with E-state index in [4.69, 9.17) is 5.11 Å². The summed E-state index contributed by atoms with van der Waals surface area (Å²) in [6.07, 6.45) is 1.87. The van der Waals surface area contributed by atoms with Gasteiger partial charge >= 0.3 is 0 Å². The van der Waals surface area contributed by atoms with Crippen LogP contribution in [0.25, 0.3) is 0 Å². The lowest BCUT2D eigenvalue weighted by molar-refractivity contribution is 0.124. The van der Waals surface area contributed by atoms with Crippen molar-refractivity contribution in [3.63, 3.8) is 0 Å². The summed E-state index contributed by atoms with van der Waals surface area (Å²) in [4.78, 5) is 2.04. The van der Waals surface area contributed by atoms with Crippen LogP contribution >= 0.6 is 0 Å². The predicted molar refractivity (Wildman–Crippen MR) is 32.2 cm³/mol. The number of aliphatic hydroxyl groups excluding tert-OH is 1. The third kappa shape index (κ3) is 1.46. The van der Waals surface area contributed by atoms with E-state index in [1.807, 2.05) is 18.5 Å². The SMILES string of the molecule is CN1[CH]C(O)CCC1. The molecule has 1 radical (unpaired) electrons. The van der Waals surface area contributed by atoms with E-state index in [-0.39, 0.29) is 6.10 Å². The fourth-order valence-corrected chi connectivity index (χ4v) is 0.993. The maximum Gasteiger partial charge on any atom is 0.0712 e. The molecule has 1 N–H and O–H groups in total. The minimum absolute atomic E-state index is 0.186. The fraction of sp³-hybridized carbons (Fsp3) is 0.833. The van der Waals surface area contributed by atoms with Crippen molar-refractivity contribution in [1.29, 1.82) is 0 Å². The highest BCUT2D eigenvalue weighted by Crippen LogP contribution is 2.10. The molecule has 2 heteroatoms. The zero-order valence-electron chi connectivity index (χ0n) is 5.17. The summed E-state index contributed by atoms with van der Waals surface area (Å²) in [5, 5.41) is 8.98. The summed E-state index contributed by atoms with van der Waals surface area (Å²) in [6.45, 7) is 2.96. The minimum atomic E-state index is -0.186. The molecule has 1 fully saturated rings. The van der Waals surface area contributed by atoms with Gasteiger partial charge in [-0.3, -0.25) is 4.90 Å². The monoisotopic (exact) mass is 114 g/mol. The Hall–Kier alpha value is -0.0800. The molecule has 1 heterocycles. The van der Waals surface area contributed by atoms with Crippen molar-refractivity contribution in [1.82, 2.24) is 4.90 Å². The molecule has 1 rings (SSSR count). The Morgan fingerprint density at radius 1 is 1.75 bits per heavy atom. The number of piperidine rings is 1. The first-order chi connectivity index (χ1) is 3.79. The molecule has 0 aliphatic carbocycles. The Morgan fingerprint density at radius 2 is 2.50 bits per heavy atom.